The maximum Gasteiger partial charge on any atom is 0.263 e. The molecule has 3 heterocycles. The van der Waals surface area contributed by atoms with Crippen molar-refractivity contribution < 1.29 is 9.90 Å². The third-order valence-electron chi connectivity index (χ3n) is 7.54. The Labute approximate surface area is 249 Å². The van der Waals surface area contributed by atoms with E-state index in [4.69, 9.17) is 23.2 Å². The van der Waals surface area contributed by atoms with E-state index in [1.165, 1.54) is 28.3 Å². The van der Waals surface area contributed by atoms with Gasteiger partial charge in [-0.1, -0.05) is 70.9 Å². The minimum atomic E-state index is -0.973. The molecule has 206 valence electrons. The van der Waals surface area contributed by atoms with E-state index in [0.717, 1.165) is 16.7 Å². The van der Waals surface area contributed by atoms with Gasteiger partial charge in [0.25, 0.3) is 5.91 Å². The summed E-state index contributed by atoms with van der Waals surface area (Å²) in [5, 5.41) is 26.7. The summed E-state index contributed by atoms with van der Waals surface area (Å²) in [4.78, 5) is 17.7. The number of benzene rings is 3. The highest BCUT2D eigenvalue weighted by Crippen LogP contribution is 2.38. The maximum atomic E-state index is 12.9. The van der Waals surface area contributed by atoms with Crippen molar-refractivity contribution in [2.24, 2.45) is 0 Å². The first-order valence-electron chi connectivity index (χ1n) is 13.2. The summed E-state index contributed by atoms with van der Waals surface area (Å²) in [5.74, 6) is -0.238. The van der Waals surface area contributed by atoms with Crippen LogP contribution >= 0.6 is 34.5 Å². The minimum Gasteiger partial charge on any atom is -0.388 e. The van der Waals surface area contributed by atoms with Crippen LogP contribution in [0.3, 0.4) is 0 Å². The largest absolute Gasteiger partial charge is 0.388 e. The van der Waals surface area contributed by atoms with Crippen LogP contribution in [0, 0.1) is 0 Å². The standard InChI is InChI=1S/C30H24Cl2N6O2S/c31-22-8-5-9-23(32)27(22)29-33-14-26(41-29)28(39)34-18-12-30(40,13-18)17-37-15-19(35-36-37)16-38-24-10-3-1-6-20(24)21-7-2-4-11-25(21)38/h1-11,14-15,18,40H,12-13,16-17H2,(H,34,39). The molecule has 1 amide bonds. The van der Waals surface area contributed by atoms with Crippen LogP contribution in [0.2, 0.25) is 10.0 Å². The number of nitrogens with one attached hydrogen (secondary N) is 1. The zero-order valence-electron chi connectivity index (χ0n) is 21.7. The number of rotatable bonds is 7. The highest BCUT2D eigenvalue weighted by Gasteiger charge is 2.44. The number of para-hydroxylation sites is 2. The van der Waals surface area contributed by atoms with Crippen LogP contribution < -0.4 is 5.32 Å². The molecule has 1 saturated carbocycles. The fourth-order valence-corrected chi connectivity index (χ4v) is 7.25. The molecule has 3 aromatic heterocycles. The van der Waals surface area contributed by atoms with Crippen molar-refractivity contribution >= 4 is 62.3 Å². The van der Waals surface area contributed by atoms with Gasteiger partial charge in [0, 0.05) is 33.4 Å². The summed E-state index contributed by atoms with van der Waals surface area (Å²) in [5.41, 5.74) is 2.73. The van der Waals surface area contributed by atoms with Gasteiger partial charge in [-0.15, -0.1) is 16.4 Å². The van der Waals surface area contributed by atoms with Gasteiger partial charge >= 0.3 is 0 Å². The molecule has 2 N–H and O–H groups in total. The number of aliphatic hydroxyl groups is 1. The average molecular weight is 604 g/mol. The van der Waals surface area contributed by atoms with E-state index in [0.29, 0.717) is 51.4 Å². The summed E-state index contributed by atoms with van der Waals surface area (Å²) in [7, 11) is 0. The van der Waals surface area contributed by atoms with Crippen molar-refractivity contribution in [2.45, 2.75) is 37.6 Å². The van der Waals surface area contributed by atoms with Crippen LogP contribution in [0.25, 0.3) is 32.4 Å². The van der Waals surface area contributed by atoms with Crippen molar-refractivity contribution in [1.82, 2.24) is 29.9 Å². The lowest BCUT2D eigenvalue weighted by atomic mass is 9.75. The first kappa shape index (κ1) is 26.2. The monoisotopic (exact) mass is 602 g/mol. The van der Waals surface area contributed by atoms with Crippen LogP contribution in [0.15, 0.2) is 79.1 Å². The fourth-order valence-electron chi connectivity index (χ4n) is 5.67. The second-order valence-corrected chi connectivity index (χ2v) is 12.3. The Balaban J connectivity index is 0.989. The number of fused-ring (bicyclic) bond motifs is 3. The summed E-state index contributed by atoms with van der Waals surface area (Å²) in [6.07, 6.45) is 4.24. The van der Waals surface area contributed by atoms with Gasteiger partial charge in [-0.05, 0) is 37.1 Å². The van der Waals surface area contributed by atoms with Gasteiger partial charge in [-0.3, -0.25) is 4.79 Å². The number of carbonyl (C=O) groups excluding carboxylic acids is 1. The second kappa shape index (κ2) is 10.3. The van der Waals surface area contributed by atoms with Crippen LogP contribution in [0.5, 0.6) is 0 Å². The van der Waals surface area contributed by atoms with Gasteiger partial charge in [0.1, 0.15) is 15.6 Å². The number of carbonyl (C=O) groups is 1. The lowest BCUT2D eigenvalue weighted by molar-refractivity contribution is -0.0688. The molecule has 0 saturated heterocycles. The Morgan fingerprint density at radius 2 is 1.66 bits per heavy atom. The van der Waals surface area contributed by atoms with E-state index >= 15 is 0 Å². The molecule has 11 heteroatoms. The Kier molecular flexibility index (Phi) is 6.54. The Hall–Kier alpha value is -3.76. The highest BCUT2D eigenvalue weighted by atomic mass is 35.5. The maximum absolute atomic E-state index is 12.9. The van der Waals surface area contributed by atoms with Crippen molar-refractivity contribution in [3.05, 3.63) is 99.7 Å². The van der Waals surface area contributed by atoms with Crippen LogP contribution in [-0.4, -0.2) is 47.2 Å². The van der Waals surface area contributed by atoms with E-state index < -0.39 is 5.60 Å². The molecule has 0 bridgehead atoms. The van der Waals surface area contributed by atoms with E-state index in [-0.39, 0.29) is 11.9 Å². The zero-order valence-corrected chi connectivity index (χ0v) is 24.0. The first-order valence-corrected chi connectivity index (χ1v) is 14.7. The minimum absolute atomic E-state index is 0.150. The molecule has 6 aromatic rings. The molecular weight excluding hydrogens is 579 g/mol. The van der Waals surface area contributed by atoms with E-state index in [2.05, 4.69) is 61.6 Å². The van der Waals surface area contributed by atoms with Crippen molar-refractivity contribution in [2.75, 3.05) is 0 Å². The van der Waals surface area contributed by atoms with E-state index in [9.17, 15) is 9.90 Å². The molecule has 0 atom stereocenters. The van der Waals surface area contributed by atoms with E-state index in [1.54, 1.807) is 22.9 Å². The van der Waals surface area contributed by atoms with Crippen LogP contribution in [-0.2, 0) is 13.1 Å². The van der Waals surface area contributed by atoms with Gasteiger partial charge in [-0.2, -0.15) is 0 Å². The second-order valence-electron chi connectivity index (χ2n) is 10.5. The number of hydrogen-bond acceptors (Lipinski definition) is 6. The molecule has 3 aromatic carbocycles. The quantitative estimate of drug-likeness (QED) is 0.227. The fraction of sp³-hybridized carbons (Fsp3) is 0.200. The molecule has 0 aliphatic heterocycles. The van der Waals surface area contributed by atoms with Gasteiger partial charge in [-0.25, -0.2) is 9.67 Å². The summed E-state index contributed by atoms with van der Waals surface area (Å²) in [6, 6.07) is 21.8. The van der Waals surface area contributed by atoms with Crippen LogP contribution in [0.4, 0.5) is 0 Å². The normalized spacial score (nSPS) is 18.6. The van der Waals surface area contributed by atoms with Gasteiger partial charge < -0.3 is 15.0 Å². The first-order chi connectivity index (χ1) is 19.9. The van der Waals surface area contributed by atoms with Gasteiger partial charge in [0.05, 0.1) is 41.1 Å². The molecule has 1 aliphatic carbocycles. The summed E-state index contributed by atoms with van der Waals surface area (Å²) in [6.45, 7) is 0.872. The topological polar surface area (TPSA) is 97.9 Å². The number of amides is 1. The molecule has 8 nitrogen and oxygen atoms in total. The van der Waals surface area contributed by atoms with Gasteiger partial charge in [0.15, 0.2) is 0 Å². The Morgan fingerprint density at radius 3 is 2.34 bits per heavy atom. The highest BCUT2D eigenvalue weighted by molar-refractivity contribution is 7.17. The lowest BCUT2D eigenvalue weighted by Crippen LogP contribution is -2.57. The molecule has 0 radical (unpaired) electrons. The number of hydrogen-bond donors (Lipinski definition) is 2. The zero-order chi connectivity index (χ0) is 28.1. The molecule has 0 spiro atoms. The predicted molar refractivity (Wildman–Crippen MR) is 162 cm³/mol. The number of thiazole rings is 1. The van der Waals surface area contributed by atoms with E-state index in [1.807, 2.05) is 18.3 Å². The van der Waals surface area contributed by atoms with Gasteiger partial charge in [0.2, 0.25) is 0 Å². The Morgan fingerprint density at radius 1 is 1.00 bits per heavy atom. The SMILES string of the molecule is O=C(NC1CC(O)(Cn2cc(Cn3c4ccccc4c4ccccc43)nn2)C1)c1cnc(-c2c(Cl)cccc2Cl)s1. The molecule has 1 fully saturated rings. The predicted octanol–water partition coefficient (Wildman–Crippen LogP) is 6.19. The third kappa shape index (κ3) is 4.89. The smallest absolute Gasteiger partial charge is 0.263 e. The van der Waals surface area contributed by atoms with Crippen LogP contribution in [0.1, 0.15) is 28.2 Å². The number of halogens is 2. The number of aromatic nitrogens is 5. The average Bonchev–Trinajstić information content (AvgIpc) is 3.67. The summed E-state index contributed by atoms with van der Waals surface area (Å²) >= 11 is 13.8. The molecule has 0 unspecified atom stereocenters. The third-order valence-corrected chi connectivity index (χ3v) is 9.18. The van der Waals surface area contributed by atoms with Crippen molar-refractivity contribution in [1.29, 1.82) is 0 Å². The molecule has 41 heavy (non-hydrogen) atoms. The molecular formula is C30H24Cl2N6O2S. The number of nitrogens with zero attached hydrogens (tertiary/aromatic N) is 5. The summed E-state index contributed by atoms with van der Waals surface area (Å²) < 4.78 is 3.93. The molecule has 7 rings (SSSR count). The Bertz CT molecular complexity index is 1850. The molecule has 1 aliphatic rings. The van der Waals surface area contributed by atoms with Crippen molar-refractivity contribution in [3.8, 4) is 10.6 Å². The lowest BCUT2D eigenvalue weighted by Gasteiger charge is -2.43. The van der Waals surface area contributed by atoms with Crippen molar-refractivity contribution in [3.63, 3.8) is 0 Å².